The lowest BCUT2D eigenvalue weighted by molar-refractivity contribution is 0.0915. The first-order chi connectivity index (χ1) is 10.4. The number of thiazole rings is 1. The molecule has 7 heteroatoms. The molecule has 2 heterocycles. The first-order valence-corrected chi connectivity index (χ1v) is 8.08. The quantitative estimate of drug-likeness (QED) is 0.911. The Morgan fingerprint density at radius 1 is 1.45 bits per heavy atom. The Balaban J connectivity index is 1.80. The molecule has 6 nitrogen and oxygen atoms in total. The maximum Gasteiger partial charge on any atom is 0.277 e. The van der Waals surface area contributed by atoms with Gasteiger partial charge in [-0.15, -0.1) is 0 Å². The first kappa shape index (κ1) is 14.9. The predicted molar refractivity (Wildman–Crippen MR) is 84.5 cm³/mol. The minimum absolute atomic E-state index is 0.0718. The Morgan fingerprint density at radius 3 is 2.91 bits per heavy atom. The van der Waals surface area contributed by atoms with Crippen LogP contribution in [-0.2, 0) is 12.8 Å². The van der Waals surface area contributed by atoms with E-state index in [2.05, 4.69) is 34.3 Å². The predicted octanol–water partition coefficient (Wildman–Crippen LogP) is 2.84. The lowest BCUT2D eigenvalue weighted by Gasteiger charge is -2.26. The van der Waals surface area contributed by atoms with Crippen molar-refractivity contribution in [3.8, 4) is 0 Å². The lowest BCUT2D eigenvalue weighted by Crippen LogP contribution is -2.26. The second-order valence-electron chi connectivity index (χ2n) is 6.32. The summed E-state index contributed by atoms with van der Waals surface area (Å²) in [4.78, 5) is 29.4. The molecule has 2 aromatic rings. The van der Waals surface area contributed by atoms with Gasteiger partial charge in [-0.25, -0.2) is 4.98 Å². The molecule has 0 bridgehead atoms. The molecule has 2 N–H and O–H groups in total. The van der Waals surface area contributed by atoms with Gasteiger partial charge >= 0.3 is 0 Å². The number of H-pyrrole nitrogens is 1. The highest BCUT2D eigenvalue weighted by Gasteiger charge is 2.34. The van der Waals surface area contributed by atoms with E-state index < -0.39 is 0 Å². The van der Waals surface area contributed by atoms with Gasteiger partial charge in [0.15, 0.2) is 16.6 Å². The number of nitrogens with zero attached hydrogens (tertiary/aromatic N) is 2. The summed E-state index contributed by atoms with van der Waals surface area (Å²) in [6.07, 6.45) is 2.06. The van der Waals surface area contributed by atoms with Crippen LogP contribution in [0.3, 0.4) is 0 Å². The number of rotatable bonds is 3. The largest absolute Gasteiger partial charge is 0.296 e. The molecule has 1 aliphatic carbocycles. The standard InChI is InChI=1S/C15H18N4O2S/c1-4-8-5-9(19-18-8)13(21)17-14-16-10-6-15(2,3)7-11(20)12(10)22-14/h5H,4,6-7H2,1-3H3,(H,18,19)(H,16,17,21). The van der Waals surface area contributed by atoms with E-state index in [1.54, 1.807) is 6.07 Å². The second-order valence-corrected chi connectivity index (χ2v) is 7.32. The van der Waals surface area contributed by atoms with Crippen molar-refractivity contribution in [1.29, 1.82) is 0 Å². The molecule has 22 heavy (non-hydrogen) atoms. The highest BCUT2D eigenvalue weighted by Crippen LogP contribution is 2.38. The maximum atomic E-state index is 12.2. The van der Waals surface area contributed by atoms with Gasteiger partial charge in [0.25, 0.3) is 5.91 Å². The first-order valence-electron chi connectivity index (χ1n) is 7.26. The fraction of sp³-hybridized carbons (Fsp3) is 0.467. The van der Waals surface area contributed by atoms with E-state index in [4.69, 9.17) is 0 Å². The molecule has 0 unspecified atom stereocenters. The minimum Gasteiger partial charge on any atom is -0.296 e. The number of nitrogens with one attached hydrogen (secondary N) is 2. The summed E-state index contributed by atoms with van der Waals surface area (Å²) in [6.45, 7) is 6.10. The Labute approximate surface area is 132 Å². The molecule has 1 amide bonds. The number of hydrogen-bond acceptors (Lipinski definition) is 5. The molecule has 3 rings (SSSR count). The zero-order valence-electron chi connectivity index (χ0n) is 12.8. The van der Waals surface area contributed by atoms with E-state index in [1.807, 2.05) is 6.92 Å². The second kappa shape index (κ2) is 5.31. The zero-order valence-corrected chi connectivity index (χ0v) is 13.6. The van der Waals surface area contributed by atoms with Gasteiger partial charge in [-0.05, 0) is 24.3 Å². The summed E-state index contributed by atoms with van der Waals surface area (Å²) in [7, 11) is 0. The van der Waals surface area contributed by atoms with Crippen molar-refractivity contribution in [2.45, 2.75) is 40.0 Å². The number of Topliss-reactive ketones (excluding diaryl/α,β-unsaturated/α-hetero) is 1. The van der Waals surface area contributed by atoms with Crippen molar-refractivity contribution >= 4 is 28.2 Å². The number of aryl methyl sites for hydroxylation is 1. The van der Waals surface area contributed by atoms with Crippen LogP contribution in [0.25, 0.3) is 0 Å². The number of amides is 1. The SMILES string of the molecule is CCc1cc(C(=O)Nc2nc3c(s2)C(=O)CC(C)(C)C3)n[nH]1. The average Bonchev–Trinajstić information content (AvgIpc) is 3.03. The van der Waals surface area contributed by atoms with Gasteiger partial charge in [0, 0.05) is 12.1 Å². The number of carbonyl (C=O) groups excluding carboxylic acids is 2. The molecule has 0 aliphatic heterocycles. The Morgan fingerprint density at radius 2 is 2.23 bits per heavy atom. The van der Waals surface area contributed by atoms with Crippen LogP contribution in [0, 0.1) is 5.41 Å². The van der Waals surface area contributed by atoms with Crippen LogP contribution in [0.2, 0.25) is 0 Å². The van der Waals surface area contributed by atoms with Gasteiger partial charge in [-0.1, -0.05) is 32.1 Å². The molecule has 1 aliphatic rings. The number of anilines is 1. The van der Waals surface area contributed by atoms with Crippen molar-refractivity contribution in [1.82, 2.24) is 15.2 Å². The summed E-state index contributed by atoms with van der Waals surface area (Å²) in [5.74, 6) is -0.203. The Kier molecular flexibility index (Phi) is 3.60. The van der Waals surface area contributed by atoms with Crippen LogP contribution in [0.15, 0.2) is 6.07 Å². The topological polar surface area (TPSA) is 87.7 Å². The van der Waals surface area contributed by atoms with Crippen molar-refractivity contribution in [2.75, 3.05) is 5.32 Å². The van der Waals surface area contributed by atoms with Crippen LogP contribution in [0.4, 0.5) is 5.13 Å². The zero-order chi connectivity index (χ0) is 15.9. The molecule has 0 saturated heterocycles. The Bertz CT molecular complexity index is 745. The van der Waals surface area contributed by atoms with Crippen molar-refractivity contribution in [3.05, 3.63) is 28.0 Å². The number of aromatic amines is 1. The third kappa shape index (κ3) is 2.81. The molecule has 0 spiro atoms. The fourth-order valence-corrected chi connectivity index (χ4v) is 3.51. The van der Waals surface area contributed by atoms with Crippen molar-refractivity contribution in [2.24, 2.45) is 5.41 Å². The van der Waals surface area contributed by atoms with Crippen LogP contribution in [0.1, 0.15) is 58.7 Å². The van der Waals surface area contributed by atoms with E-state index in [9.17, 15) is 9.59 Å². The summed E-state index contributed by atoms with van der Waals surface area (Å²) in [5, 5.41) is 9.98. The number of ketones is 1. The van der Waals surface area contributed by atoms with Crippen molar-refractivity contribution < 1.29 is 9.59 Å². The van der Waals surface area contributed by atoms with Gasteiger partial charge in [-0.2, -0.15) is 5.10 Å². The van der Waals surface area contributed by atoms with E-state index in [-0.39, 0.29) is 17.1 Å². The molecular formula is C15H18N4O2S. The summed E-state index contributed by atoms with van der Waals surface area (Å²) < 4.78 is 0. The number of fused-ring (bicyclic) bond motifs is 1. The summed E-state index contributed by atoms with van der Waals surface area (Å²) in [5.41, 5.74) is 1.95. The minimum atomic E-state index is -0.311. The van der Waals surface area contributed by atoms with E-state index in [0.717, 1.165) is 24.2 Å². The highest BCUT2D eigenvalue weighted by molar-refractivity contribution is 7.17. The van der Waals surface area contributed by atoms with Gasteiger partial charge in [0.2, 0.25) is 0 Å². The third-order valence-electron chi connectivity index (χ3n) is 3.70. The van der Waals surface area contributed by atoms with Gasteiger partial charge in [-0.3, -0.25) is 20.0 Å². The molecule has 0 aromatic carbocycles. The molecule has 2 aromatic heterocycles. The molecular weight excluding hydrogens is 300 g/mol. The smallest absolute Gasteiger partial charge is 0.277 e. The molecule has 0 atom stereocenters. The van der Waals surface area contributed by atoms with Gasteiger partial charge in [0.05, 0.1) is 10.6 Å². The summed E-state index contributed by atoms with van der Waals surface area (Å²) >= 11 is 1.25. The lowest BCUT2D eigenvalue weighted by atomic mass is 9.78. The Hall–Kier alpha value is -2.02. The molecule has 0 fully saturated rings. The normalized spacial score (nSPS) is 16.4. The monoisotopic (exact) mass is 318 g/mol. The van der Waals surface area contributed by atoms with Gasteiger partial charge in [0.1, 0.15) is 0 Å². The van der Waals surface area contributed by atoms with Gasteiger partial charge < -0.3 is 0 Å². The van der Waals surface area contributed by atoms with Crippen LogP contribution in [0.5, 0.6) is 0 Å². The van der Waals surface area contributed by atoms with E-state index in [0.29, 0.717) is 22.1 Å². The van der Waals surface area contributed by atoms with Crippen LogP contribution in [-0.4, -0.2) is 26.9 Å². The van der Waals surface area contributed by atoms with E-state index in [1.165, 1.54) is 11.3 Å². The molecule has 116 valence electrons. The molecule has 0 radical (unpaired) electrons. The van der Waals surface area contributed by atoms with Crippen LogP contribution < -0.4 is 5.32 Å². The maximum absolute atomic E-state index is 12.2. The number of aromatic nitrogens is 3. The molecule has 0 saturated carbocycles. The summed E-state index contributed by atoms with van der Waals surface area (Å²) in [6, 6.07) is 1.72. The third-order valence-corrected chi connectivity index (χ3v) is 4.75. The highest BCUT2D eigenvalue weighted by atomic mass is 32.1. The van der Waals surface area contributed by atoms with Crippen molar-refractivity contribution in [3.63, 3.8) is 0 Å². The average molecular weight is 318 g/mol. The van der Waals surface area contributed by atoms with E-state index >= 15 is 0 Å². The number of carbonyl (C=O) groups is 2. The number of hydrogen-bond donors (Lipinski definition) is 2. The fourth-order valence-electron chi connectivity index (χ4n) is 2.59. The van der Waals surface area contributed by atoms with Crippen LogP contribution >= 0.6 is 11.3 Å².